The van der Waals surface area contributed by atoms with Gasteiger partial charge in [0.15, 0.2) is 0 Å². The van der Waals surface area contributed by atoms with E-state index in [1.807, 2.05) is 55.6 Å². The molecule has 28 heavy (non-hydrogen) atoms. The summed E-state index contributed by atoms with van der Waals surface area (Å²) in [5, 5.41) is 12.9. The van der Waals surface area contributed by atoms with Gasteiger partial charge < -0.3 is 4.74 Å². The van der Waals surface area contributed by atoms with Crippen molar-refractivity contribution < 1.29 is 4.74 Å². The number of para-hydroxylation sites is 1. The quantitative estimate of drug-likeness (QED) is 0.518. The van der Waals surface area contributed by atoms with E-state index in [4.69, 9.17) is 16.3 Å². The van der Waals surface area contributed by atoms with Gasteiger partial charge in [-0.2, -0.15) is 14.5 Å². The minimum Gasteiger partial charge on any atom is -0.485 e. The molecule has 0 saturated heterocycles. The van der Waals surface area contributed by atoms with Gasteiger partial charge in [0.05, 0.1) is 5.69 Å². The highest BCUT2D eigenvalue weighted by molar-refractivity contribution is 6.30. The number of benzene rings is 2. The van der Waals surface area contributed by atoms with Crippen LogP contribution < -0.4 is 10.4 Å². The molecule has 4 aromatic rings. The molecule has 0 aliphatic heterocycles. The van der Waals surface area contributed by atoms with Gasteiger partial charge in [-0.25, -0.2) is 9.48 Å². The zero-order valence-electron chi connectivity index (χ0n) is 15.3. The van der Waals surface area contributed by atoms with Crippen LogP contribution in [0.3, 0.4) is 0 Å². The molecule has 0 saturated carbocycles. The van der Waals surface area contributed by atoms with Crippen molar-refractivity contribution in [1.29, 1.82) is 0 Å². The lowest BCUT2D eigenvalue weighted by Crippen LogP contribution is -2.22. The van der Waals surface area contributed by atoms with Crippen molar-refractivity contribution in [3.05, 3.63) is 81.5 Å². The molecular formula is C19H17ClN6O2. The molecule has 2 aromatic heterocycles. The van der Waals surface area contributed by atoms with Gasteiger partial charge >= 0.3 is 5.69 Å². The third-order valence-corrected chi connectivity index (χ3v) is 4.49. The van der Waals surface area contributed by atoms with Crippen molar-refractivity contribution in [2.45, 2.75) is 13.5 Å². The number of aryl methyl sites for hydroxylation is 2. The van der Waals surface area contributed by atoms with E-state index in [2.05, 4.69) is 15.5 Å². The Hall–Kier alpha value is -3.39. The smallest absolute Gasteiger partial charge is 0.368 e. The Morgan fingerprint density at radius 3 is 2.57 bits per heavy atom. The average Bonchev–Trinajstić information content (AvgIpc) is 3.29. The molecule has 2 aromatic carbocycles. The Labute approximate surface area is 165 Å². The fourth-order valence-corrected chi connectivity index (χ4v) is 2.90. The summed E-state index contributed by atoms with van der Waals surface area (Å²) in [6.45, 7) is 2.15. The van der Waals surface area contributed by atoms with Crippen LogP contribution in [0.15, 0.2) is 59.5 Å². The summed E-state index contributed by atoms with van der Waals surface area (Å²) >= 11 is 5.93. The molecule has 0 fully saturated rings. The predicted molar refractivity (Wildman–Crippen MR) is 104 cm³/mol. The largest absolute Gasteiger partial charge is 0.485 e. The fourth-order valence-electron chi connectivity index (χ4n) is 2.78. The maximum atomic E-state index is 12.2. The molecule has 2 heterocycles. The van der Waals surface area contributed by atoms with Crippen molar-refractivity contribution in [2.75, 3.05) is 0 Å². The lowest BCUT2D eigenvalue weighted by Gasteiger charge is -2.12. The first kappa shape index (κ1) is 18.0. The topological polar surface area (TPSA) is 79.8 Å². The Morgan fingerprint density at radius 1 is 1.07 bits per heavy atom. The van der Waals surface area contributed by atoms with E-state index >= 15 is 0 Å². The second kappa shape index (κ2) is 7.32. The van der Waals surface area contributed by atoms with Crippen LogP contribution in [0.4, 0.5) is 0 Å². The molecule has 0 N–H and O–H groups in total. The number of ether oxygens (including phenoxy) is 1. The van der Waals surface area contributed by atoms with Gasteiger partial charge in [0, 0.05) is 18.3 Å². The van der Waals surface area contributed by atoms with Crippen LogP contribution in [0.2, 0.25) is 5.02 Å². The molecule has 8 nitrogen and oxygen atoms in total. The Balaban J connectivity index is 1.58. The summed E-state index contributed by atoms with van der Waals surface area (Å²) in [6, 6.07) is 14.8. The minimum absolute atomic E-state index is 0.244. The summed E-state index contributed by atoms with van der Waals surface area (Å²) < 4.78 is 10.1. The van der Waals surface area contributed by atoms with E-state index in [9.17, 15) is 4.79 Å². The molecule has 0 atom stereocenters. The van der Waals surface area contributed by atoms with Gasteiger partial charge in [-0.1, -0.05) is 23.7 Å². The highest BCUT2D eigenvalue weighted by Gasteiger charge is 2.14. The summed E-state index contributed by atoms with van der Waals surface area (Å²) in [7, 11) is 1.55. The van der Waals surface area contributed by atoms with Gasteiger partial charge in [-0.15, -0.1) is 0 Å². The van der Waals surface area contributed by atoms with Gasteiger partial charge in [0.1, 0.15) is 23.7 Å². The van der Waals surface area contributed by atoms with E-state index in [0.717, 1.165) is 16.9 Å². The van der Waals surface area contributed by atoms with Crippen LogP contribution in [-0.2, 0) is 13.7 Å². The number of tetrazole rings is 1. The third-order valence-electron chi connectivity index (χ3n) is 4.24. The highest BCUT2D eigenvalue weighted by atomic mass is 35.5. The summed E-state index contributed by atoms with van der Waals surface area (Å²) in [5.74, 6) is 0.561. The van der Waals surface area contributed by atoms with Crippen LogP contribution in [-0.4, -0.2) is 29.6 Å². The highest BCUT2D eigenvalue weighted by Crippen LogP contribution is 2.26. The molecule has 0 spiro atoms. The fraction of sp³-hybridized carbons (Fsp3) is 0.158. The molecular weight excluding hydrogens is 380 g/mol. The summed E-state index contributed by atoms with van der Waals surface area (Å²) in [5.41, 5.74) is 2.72. The molecule has 0 radical (unpaired) electrons. The zero-order chi connectivity index (χ0) is 19.7. The predicted octanol–water partition coefficient (Wildman–Crippen LogP) is 2.69. The number of rotatable bonds is 5. The van der Waals surface area contributed by atoms with E-state index in [0.29, 0.717) is 16.5 Å². The maximum absolute atomic E-state index is 12.2. The second-order valence-corrected chi connectivity index (χ2v) is 6.67. The van der Waals surface area contributed by atoms with Crippen molar-refractivity contribution in [3.63, 3.8) is 0 Å². The summed E-state index contributed by atoms with van der Waals surface area (Å²) in [6.07, 6.45) is 1.86. The average molecular weight is 397 g/mol. The van der Waals surface area contributed by atoms with Crippen LogP contribution in [0.25, 0.3) is 11.4 Å². The van der Waals surface area contributed by atoms with Crippen LogP contribution >= 0.6 is 11.6 Å². The zero-order valence-corrected chi connectivity index (χ0v) is 16.0. The maximum Gasteiger partial charge on any atom is 0.368 e. The van der Waals surface area contributed by atoms with E-state index in [1.165, 1.54) is 9.36 Å². The monoisotopic (exact) mass is 396 g/mol. The normalized spacial score (nSPS) is 11.0. The van der Waals surface area contributed by atoms with Crippen LogP contribution in [0.5, 0.6) is 5.75 Å². The molecule has 0 aliphatic carbocycles. The number of halogens is 1. The molecule has 4 rings (SSSR count). The number of hydrogen-bond acceptors (Lipinski definition) is 5. The SMILES string of the molecule is Cc1cccc(-n2nnn(C)c2=O)c1OCc1ccn(-c2ccc(Cl)cc2)n1. The van der Waals surface area contributed by atoms with Crippen LogP contribution in [0, 0.1) is 6.92 Å². The molecule has 9 heteroatoms. The first-order valence-corrected chi connectivity index (χ1v) is 8.93. The van der Waals surface area contributed by atoms with Crippen molar-refractivity contribution in [3.8, 4) is 17.1 Å². The van der Waals surface area contributed by atoms with Gasteiger partial charge in [0.25, 0.3) is 0 Å². The third kappa shape index (κ3) is 3.41. The van der Waals surface area contributed by atoms with Gasteiger partial charge in [-0.3, -0.25) is 0 Å². The molecule has 0 bridgehead atoms. The Kier molecular flexibility index (Phi) is 4.70. The van der Waals surface area contributed by atoms with E-state index < -0.39 is 0 Å². The number of hydrogen-bond donors (Lipinski definition) is 0. The molecule has 0 unspecified atom stereocenters. The number of aromatic nitrogens is 6. The minimum atomic E-state index is -0.345. The summed E-state index contributed by atoms with van der Waals surface area (Å²) in [4.78, 5) is 12.2. The van der Waals surface area contributed by atoms with Crippen molar-refractivity contribution >= 4 is 11.6 Å². The van der Waals surface area contributed by atoms with E-state index in [1.54, 1.807) is 17.8 Å². The first-order chi connectivity index (χ1) is 13.5. The lowest BCUT2D eigenvalue weighted by molar-refractivity contribution is 0.296. The first-order valence-electron chi connectivity index (χ1n) is 8.55. The lowest BCUT2D eigenvalue weighted by atomic mass is 10.2. The standard InChI is InChI=1S/C19H17ClN6O2/c1-13-4-3-5-17(26-19(27)24(2)22-23-26)18(13)28-12-15-10-11-25(21-15)16-8-6-14(20)7-9-16/h3-11H,12H2,1-2H3. The molecule has 0 amide bonds. The van der Waals surface area contributed by atoms with Crippen molar-refractivity contribution in [1.82, 2.24) is 29.6 Å². The Bertz CT molecular complexity index is 1180. The molecule has 0 aliphatic rings. The van der Waals surface area contributed by atoms with Crippen LogP contribution in [0.1, 0.15) is 11.3 Å². The Morgan fingerprint density at radius 2 is 1.86 bits per heavy atom. The van der Waals surface area contributed by atoms with E-state index in [-0.39, 0.29) is 12.3 Å². The second-order valence-electron chi connectivity index (χ2n) is 6.24. The molecule has 142 valence electrons. The number of nitrogens with zero attached hydrogens (tertiary/aromatic N) is 6. The van der Waals surface area contributed by atoms with Gasteiger partial charge in [0.2, 0.25) is 0 Å². The van der Waals surface area contributed by atoms with Gasteiger partial charge in [-0.05, 0) is 59.3 Å². The van der Waals surface area contributed by atoms with Crippen molar-refractivity contribution in [2.24, 2.45) is 7.05 Å².